The van der Waals surface area contributed by atoms with Gasteiger partial charge in [0.15, 0.2) is 18.1 Å². The van der Waals surface area contributed by atoms with Gasteiger partial charge in [0, 0.05) is 25.0 Å². The van der Waals surface area contributed by atoms with Gasteiger partial charge in [-0.15, -0.1) is 0 Å². The summed E-state index contributed by atoms with van der Waals surface area (Å²) in [6, 6.07) is 16.1. The second-order valence-corrected chi connectivity index (χ2v) is 7.39. The summed E-state index contributed by atoms with van der Waals surface area (Å²) in [5.74, 6) is 1.65. The molecule has 0 aliphatic heterocycles. The van der Waals surface area contributed by atoms with Crippen LogP contribution in [0.5, 0.6) is 17.2 Å². The number of anilines is 2. The molecule has 35 heavy (non-hydrogen) atoms. The van der Waals surface area contributed by atoms with E-state index < -0.39 is 0 Å². The summed E-state index contributed by atoms with van der Waals surface area (Å²) < 4.78 is 16.4. The van der Waals surface area contributed by atoms with E-state index in [4.69, 9.17) is 14.2 Å². The van der Waals surface area contributed by atoms with Gasteiger partial charge in [-0.2, -0.15) is 0 Å². The highest BCUT2D eigenvalue weighted by atomic mass is 16.5. The van der Waals surface area contributed by atoms with Gasteiger partial charge < -0.3 is 30.2 Å². The maximum atomic E-state index is 12.9. The SMILES string of the molecule is CCNC(=O)COc1ccc(CNC(=O)c2cccnc2Nc2ccc(OCC)cc2)cc1OC. The summed E-state index contributed by atoms with van der Waals surface area (Å²) in [7, 11) is 1.52. The van der Waals surface area contributed by atoms with Gasteiger partial charge in [-0.3, -0.25) is 9.59 Å². The first-order valence-electron chi connectivity index (χ1n) is 11.3. The molecule has 9 heteroatoms. The molecule has 0 spiro atoms. The van der Waals surface area contributed by atoms with Crippen molar-refractivity contribution in [3.05, 3.63) is 71.9 Å². The summed E-state index contributed by atoms with van der Waals surface area (Å²) in [4.78, 5) is 28.9. The molecule has 1 heterocycles. The van der Waals surface area contributed by atoms with Crippen molar-refractivity contribution < 1.29 is 23.8 Å². The van der Waals surface area contributed by atoms with Crippen LogP contribution in [0.3, 0.4) is 0 Å². The van der Waals surface area contributed by atoms with Crippen LogP contribution >= 0.6 is 0 Å². The van der Waals surface area contributed by atoms with E-state index >= 15 is 0 Å². The molecule has 2 amide bonds. The molecule has 0 saturated carbocycles. The average Bonchev–Trinajstić information content (AvgIpc) is 2.88. The van der Waals surface area contributed by atoms with Crippen molar-refractivity contribution in [2.24, 2.45) is 0 Å². The van der Waals surface area contributed by atoms with E-state index in [2.05, 4.69) is 20.9 Å². The molecule has 2 aromatic carbocycles. The summed E-state index contributed by atoms with van der Waals surface area (Å²) in [5.41, 5.74) is 2.01. The van der Waals surface area contributed by atoms with E-state index in [1.165, 1.54) is 7.11 Å². The monoisotopic (exact) mass is 478 g/mol. The van der Waals surface area contributed by atoms with Crippen LogP contribution in [0.4, 0.5) is 11.5 Å². The van der Waals surface area contributed by atoms with Gasteiger partial charge in [0.2, 0.25) is 0 Å². The van der Waals surface area contributed by atoms with Crippen LogP contribution in [0.2, 0.25) is 0 Å². The molecule has 0 fully saturated rings. The number of benzene rings is 2. The van der Waals surface area contributed by atoms with Gasteiger partial charge in [-0.05, 0) is 67.9 Å². The number of carbonyl (C=O) groups excluding carboxylic acids is 2. The maximum Gasteiger partial charge on any atom is 0.257 e. The number of hydrogen-bond acceptors (Lipinski definition) is 7. The summed E-state index contributed by atoms with van der Waals surface area (Å²) >= 11 is 0. The smallest absolute Gasteiger partial charge is 0.257 e. The number of nitrogens with zero attached hydrogens (tertiary/aromatic N) is 1. The number of carbonyl (C=O) groups is 2. The van der Waals surface area contributed by atoms with Crippen molar-refractivity contribution >= 4 is 23.3 Å². The molecule has 3 aromatic rings. The van der Waals surface area contributed by atoms with Crippen LogP contribution in [0, 0.1) is 0 Å². The van der Waals surface area contributed by atoms with Gasteiger partial charge in [-0.25, -0.2) is 4.98 Å². The molecule has 184 valence electrons. The van der Waals surface area contributed by atoms with Crippen LogP contribution in [0.15, 0.2) is 60.8 Å². The Kier molecular flexibility index (Phi) is 9.30. The van der Waals surface area contributed by atoms with E-state index in [0.717, 1.165) is 17.0 Å². The molecule has 0 aliphatic rings. The third kappa shape index (κ3) is 7.36. The number of pyridine rings is 1. The number of rotatable bonds is 12. The topological polar surface area (TPSA) is 111 Å². The van der Waals surface area contributed by atoms with Gasteiger partial charge in [-0.1, -0.05) is 6.07 Å². The molecular weight excluding hydrogens is 448 g/mol. The normalized spacial score (nSPS) is 10.3. The Labute approximate surface area is 204 Å². The molecule has 1 aromatic heterocycles. The number of aromatic nitrogens is 1. The molecule has 3 N–H and O–H groups in total. The van der Waals surface area contributed by atoms with Gasteiger partial charge in [0.1, 0.15) is 11.6 Å². The second kappa shape index (κ2) is 12.8. The van der Waals surface area contributed by atoms with Crippen LogP contribution < -0.4 is 30.2 Å². The summed E-state index contributed by atoms with van der Waals surface area (Å²) in [5, 5.41) is 8.76. The van der Waals surface area contributed by atoms with Crippen LogP contribution in [-0.2, 0) is 11.3 Å². The van der Waals surface area contributed by atoms with E-state index in [0.29, 0.717) is 36.0 Å². The van der Waals surface area contributed by atoms with Crippen molar-refractivity contribution in [2.45, 2.75) is 20.4 Å². The van der Waals surface area contributed by atoms with E-state index in [-0.39, 0.29) is 25.0 Å². The van der Waals surface area contributed by atoms with Crippen LogP contribution in [0.1, 0.15) is 29.8 Å². The summed E-state index contributed by atoms with van der Waals surface area (Å²) in [6.45, 7) is 5.06. The minimum Gasteiger partial charge on any atom is -0.494 e. The Balaban J connectivity index is 1.63. The number of amides is 2. The van der Waals surface area contributed by atoms with E-state index in [1.807, 2.05) is 38.1 Å². The first-order chi connectivity index (χ1) is 17.0. The fraction of sp³-hybridized carbons (Fsp3) is 0.269. The minimum absolute atomic E-state index is 0.106. The molecular formula is C26H30N4O5. The fourth-order valence-corrected chi connectivity index (χ4v) is 3.24. The molecule has 3 rings (SSSR count). The fourth-order valence-electron chi connectivity index (χ4n) is 3.24. The predicted molar refractivity (Wildman–Crippen MR) is 133 cm³/mol. The highest BCUT2D eigenvalue weighted by Crippen LogP contribution is 2.28. The van der Waals surface area contributed by atoms with Gasteiger partial charge >= 0.3 is 0 Å². The molecule has 0 atom stereocenters. The molecule has 0 radical (unpaired) electrons. The zero-order chi connectivity index (χ0) is 25.0. The largest absolute Gasteiger partial charge is 0.494 e. The average molecular weight is 479 g/mol. The first kappa shape index (κ1) is 25.4. The Morgan fingerprint density at radius 2 is 1.74 bits per heavy atom. The second-order valence-electron chi connectivity index (χ2n) is 7.39. The van der Waals surface area contributed by atoms with Crippen molar-refractivity contribution in [3.63, 3.8) is 0 Å². The number of ether oxygens (including phenoxy) is 3. The highest BCUT2D eigenvalue weighted by Gasteiger charge is 2.14. The van der Waals surface area contributed by atoms with E-state index in [9.17, 15) is 9.59 Å². The van der Waals surface area contributed by atoms with Gasteiger partial charge in [0.05, 0.1) is 19.3 Å². The Bertz CT molecular complexity index is 1130. The molecule has 0 unspecified atom stereocenters. The lowest BCUT2D eigenvalue weighted by molar-refractivity contribution is -0.123. The molecule has 0 saturated heterocycles. The zero-order valence-electron chi connectivity index (χ0n) is 20.1. The van der Waals surface area contributed by atoms with Crippen molar-refractivity contribution in [1.29, 1.82) is 0 Å². The number of nitrogens with one attached hydrogen (secondary N) is 3. The first-order valence-corrected chi connectivity index (χ1v) is 11.3. The minimum atomic E-state index is -0.276. The molecule has 9 nitrogen and oxygen atoms in total. The highest BCUT2D eigenvalue weighted by molar-refractivity contribution is 5.99. The quantitative estimate of drug-likeness (QED) is 0.364. The van der Waals surface area contributed by atoms with E-state index in [1.54, 1.807) is 36.5 Å². The number of likely N-dealkylation sites (N-methyl/N-ethyl adjacent to an activating group) is 1. The van der Waals surface area contributed by atoms with Crippen LogP contribution in [0.25, 0.3) is 0 Å². The third-order valence-corrected chi connectivity index (χ3v) is 4.89. The third-order valence-electron chi connectivity index (χ3n) is 4.89. The lowest BCUT2D eigenvalue weighted by Crippen LogP contribution is -2.28. The van der Waals surface area contributed by atoms with Crippen molar-refractivity contribution in [3.8, 4) is 17.2 Å². The lowest BCUT2D eigenvalue weighted by Gasteiger charge is -2.14. The Morgan fingerprint density at radius 1 is 0.943 bits per heavy atom. The summed E-state index contributed by atoms with van der Waals surface area (Å²) in [6.07, 6.45) is 1.62. The Morgan fingerprint density at radius 3 is 2.46 bits per heavy atom. The molecule has 0 aliphatic carbocycles. The standard InChI is InChI=1S/C26H30N4O5/c1-4-27-24(31)17-35-22-13-8-18(15-23(22)33-3)16-29-26(32)21-7-6-14-28-25(21)30-19-9-11-20(12-10-19)34-5-2/h6-15H,4-5,16-17H2,1-3H3,(H,27,31)(H,28,30)(H,29,32). The number of methoxy groups -OCH3 is 1. The molecule has 0 bridgehead atoms. The maximum absolute atomic E-state index is 12.9. The van der Waals surface area contributed by atoms with Crippen molar-refractivity contribution in [2.75, 3.05) is 32.2 Å². The zero-order valence-corrected chi connectivity index (χ0v) is 20.1. The lowest BCUT2D eigenvalue weighted by atomic mass is 10.2. The Hall–Kier alpha value is -4.27. The predicted octanol–water partition coefficient (Wildman–Crippen LogP) is 3.68. The van der Waals surface area contributed by atoms with Crippen molar-refractivity contribution in [1.82, 2.24) is 15.6 Å². The van der Waals surface area contributed by atoms with Crippen LogP contribution in [-0.4, -0.2) is 43.7 Å². The number of hydrogen-bond donors (Lipinski definition) is 3. The van der Waals surface area contributed by atoms with Gasteiger partial charge in [0.25, 0.3) is 11.8 Å².